The van der Waals surface area contributed by atoms with E-state index < -0.39 is 42.2 Å². The van der Waals surface area contributed by atoms with Gasteiger partial charge in [0.15, 0.2) is 0 Å². The van der Waals surface area contributed by atoms with Crippen molar-refractivity contribution in [1.29, 1.82) is 0 Å². The molecule has 2 heterocycles. The third-order valence-electron chi connectivity index (χ3n) is 13.0. The third kappa shape index (κ3) is 17.4. The number of hydrogen-bond acceptors (Lipinski definition) is 13. The number of carbonyl (C=O) groups excluding carboxylic acids is 5. The van der Waals surface area contributed by atoms with Gasteiger partial charge in [-0.3, -0.25) is 24.0 Å². The van der Waals surface area contributed by atoms with E-state index in [1.807, 2.05) is 89.1 Å². The van der Waals surface area contributed by atoms with Crippen molar-refractivity contribution in [2.75, 3.05) is 81.0 Å². The molecule has 68 heavy (non-hydrogen) atoms. The fourth-order valence-corrected chi connectivity index (χ4v) is 9.77. The summed E-state index contributed by atoms with van der Waals surface area (Å²) in [5, 5.41) is 8.93. The van der Waals surface area contributed by atoms with Gasteiger partial charge in [-0.25, -0.2) is 4.98 Å². The highest BCUT2D eigenvalue weighted by Gasteiger charge is 2.43. The Morgan fingerprint density at radius 3 is 2.06 bits per heavy atom. The summed E-state index contributed by atoms with van der Waals surface area (Å²) < 4.78 is 28.5. The fraction of sp³-hybridized carbons (Fsp3) is 0.720. The smallest absolute Gasteiger partial charge is 0.245 e. The maximum Gasteiger partial charge on any atom is 0.245 e. The van der Waals surface area contributed by atoms with Crippen molar-refractivity contribution in [3.05, 3.63) is 52.5 Å². The predicted octanol–water partition coefficient (Wildman–Crippen LogP) is 4.49. The average molecular weight is 974 g/mol. The lowest BCUT2D eigenvalue weighted by Crippen LogP contribution is -2.60. The van der Waals surface area contributed by atoms with Crippen LogP contribution in [0.25, 0.3) is 0 Å². The van der Waals surface area contributed by atoms with E-state index in [1.54, 1.807) is 39.4 Å². The van der Waals surface area contributed by atoms with Crippen LogP contribution in [0, 0.1) is 23.7 Å². The van der Waals surface area contributed by atoms with Crippen molar-refractivity contribution in [3.8, 4) is 0 Å². The minimum atomic E-state index is -0.929. The van der Waals surface area contributed by atoms with Crippen LogP contribution in [-0.2, 0) is 54.1 Å². The minimum Gasteiger partial charge on any atom is -0.379 e. The summed E-state index contributed by atoms with van der Waals surface area (Å²) in [5.41, 5.74) is 6.49. The standard InChI is InChI=1S/C50H83N7O10S/c1-12-35(6)45(56(9)50(62)43(33(2)3)54-48(61)44(34(4)5)55(8)41(58)20-24-65-26-28-67-29-27-66-25-21-51)40(63-10)32-42(59)57-23-16-19-39(57)46(64-11)36(7)47(60)53-38(49-52-22-30-68-49)31-37-17-14-13-15-18-37/h13-15,17-18,22,30,33-36,38-40,43-46H,12,16,19-21,23-29,31-32,51H2,1-11H3,(H,53,60)(H,54,61). The molecule has 5 amide bonds. The van der Waals surface area contributed by atoms with E-state index in [2.05, 4.69) is 15.6 Å². The SMILES string of the molecule is CCC(C)C(C(CC(=O)N1CCCC1C(OC)C(C)C(=O)NC(Cc1ccccc1)c1nccs1)OC)N(C)C(=O)C(NC(=O)C(C(C)C)N(C)C(=O)CCOCCOCCOCCN)C(C)C. The number of nitrogens with two attached hydrogens (primary N) is 1. The molecule has 1 aromatic carbocycles. The lowest BCUT2D eigenvalue weighted by atomic mass is 9.89. The van der Waals surface area contributed by atoms with Crippen molar-refractivity contribution < 1.29 is 47.7 Å². The molecule has 1 saturated heterocycles. The van der Waals surface area contributed by atoms with Crippen LogP contribution in [-0.4, -0.2) is 167 Å². The summed E-state index contributed by atoms with van der Waals surface area (Å²) >= 11 is 1.49. The highest BCUT2D eigenvalue weighted by atomic mass is 32.1. The van der Waals surface area contributed by atoms with Crippen LogP contribution < -0.4 is 16.4 Å². The number of carbonyl (C=O) groups is 5. The van der Waals surface area contributed by atoms with Gasteiger partial charge in [0.1, 0.15) is 17.1 Å². The van der Waals surface area contributed by atoms with Gasteiger partial charge in [-0.05, 0) is 42.6 Å². The third-order valence-corrected chi connectivity index (χ3v) is 13.9. The van der Waals surface area contributed by atoms with Gasteiger partial charge in [0.05, 0.1) is 88.7 Å². The molecule has 0 radical (unpaired) electrons. The van der Waals surface area contributed by atoms with Crippen molar-refractivity contribution in [2.45, 2.75) is 129 Å². The topological polar surface area (TPSA) is 204 Å². The molecule has 9 atom stereocenters. The fourth-order valence-electron chi connectivity index (χ4n) is 9.08. The van der Waals surface area contributed by atoms with Crippen LogP contribution in [0.4, 0.5) is 0 Å². The maximum absolute atomic E-state index is 14.6. The summed E-state index contributed by atoms with van der Waals surface area (Å²) in [5.74, 6) is -2.63. The van der Waals surface area contributed by atoms with E-state index in [0.29, 0.717) is 65.4 Å². The van der Waals surface area contributed by atoms with Gasteiger partial charge in [-0.15, -0.1) is 11.3 Å². The van der Waals surface area contributed by atoms with E-state index in [1.165, 1.54) is 16.2 Å². The first-order valence-corrected chi connectivity index (χ1v) is 25.2. The number of likely N-dealkylation sites (N-methyl/N-ethyl adjacent to an activating group) is 2. The van der Waals surface area contributed by atoms with Gasteiger partial charge in [-0.1, -0.05) is 85.2 Å². The summed E-state index contributed by atoms with van der Waals surface area (Å²) in [7, 11) is 6.42. The van der Waals surface area contributed by atoms with Crippen LogP contribution in [0.3, 0.4) is 0 Å². The molecule has 9 unspecified atom stereocenters. The first-order chi connectivity index (χ1) is 32.5. The summed E-state index contributed by atoms with van der Waals surface area (Å²) in [6.45, 7) is 16.4. The number of methoxy groups -OCH3 is 2. The molecule has 0 bridgehead atoms. The van der Waals surface area contributed by atoms with Gasteiger partial charge in [0.25, 0.3) is 0 Å². The van der Waals surface area contributed by atoms with Crippen molar-refractivity contribution in [2.24, 2.45) is 29.4 Å². The van der Waals surface area contributed by atoms with Crippen LogP contribution >= 0.6 is 11.3 Å². The lowest BCUT2D eigenvalue weighted by molar-refractivity contribution is -0.148. The molecule has 18 heteroatoms. The molecule has 17 nitrogen and oxygen atoms in total. The molecule has 1 aliphatic rings. The largest absolute Gasteiger partial charge is 0.379 e. The molecular formula is C50H83N7O10S. The number of thiazole rings is 1. The Hall–Kier alpha value is -4.04. The van der Waals surface area contributed by atoms with E-state index in [0.717, 1.165) is 17.0 Å². The quantitative estimate of drug-likeness (QED) is 0.0869. The average Bonchev–Trinajstić information content (AvgIpc) is 4.05. The van der Waals surface area contributed by atoms with Crippen molar-refractivity contribution in [3.63, 3.8) is 0 Å². The van der Waals surface area contributed by atoms with E-state index in [9.17, 15) is 24.0 Å². The number of likely N-dealkylation sites (tertiary alicyclic amines) is 1. The monoisotopic (exact) mass is 974 g/mol. The summed E-state index contributed by atoms with van der Waals surface area (Å²) in [6.07, 6.45) is 3.20. The van der Waals surface area contributed by atoms with Gasteiger partial charge >= 0.3 is 0 Å². The second kappa shape index (κ2) is 30.5. The molecular weight excluding hydrogens is 891 g/mol. The highest BCUT2D eigenvalue weighted by molar-refractivity contribution is 7.09. The van der Waals surface area contributed by atoms with E-state index in [4.69, 9.17) is 29.4 Å². The summed E-state index contributed by atoms with van der Waals surface area (Å²) in [6, 6.07) is 6.97. The number of ether oxygens (including phenoxy) is 5. The second-order valence-corrected chi connectivity index (χ2v) is 19.4. The van der Waals surface area contributed by atoms with E-state index in [-0.39, 0.29) is 72.9 Å². The zero-order chi connectivity index (χ0) is 50.3. The number of nitrogens with one attached hydrogen (secondary N) is 2. The highest BCUT2D eigenvalue weighted by Crippen LogP contribution is 2.31. The van der Waals surface area contributed by atoms with Gasteiger partial charge in [-0.2, -0.15) is 0 Å². The molecule has 3 rings (SSSR count). The van der Waals surface area contributed by atoms with Crippen molar-refractivity contribution >= 4 is 40.9 Å². The van der Waals surface area contributed by atoms with Crippen LogP contribution in [0.2, 0.25) is 0 Å². The predicted molar refractivity (Wildman–Crippen MR) is 264 cm³/mol. The van der Waals surface area contributed by atoms with Crippen LogP contribution in [0.5, 0.6) is 0 Å². The van der Waals surface area contributed by atoms with E-state index >= 15 is 0 Å². The molecule has 1 aromatic heterocycles. The number of benzene rings is 1. The zero-order valence-electron chi connectivity index (χ0n) is 42.6. The first-order valence-electron chi connectivity index (χ1n) is 24.4. The minimum absolute atomic E-state index is 0.0121. The Morgan fingerprint density at radius 1 is 0.853 bits per heavy atom. The maximum atomic E-state index is 14.6. The molecule has 1 aliphatic heterocycles. The van der Waals surface area contributed by atoms with Gasteiger partial charge in [0.2, 0.25) is 29.5 Å². The molecule has 2 aromatic rings. The Kier molecular flexibility index (Phi) is 26.2. The Labute approximate surface area is 409 Å². The summed E-state index contributed by atoms with van der Waals surface area (Å²) in [4.78, 5) is 79.8. The van der Waals surface area contributed by atoms with Gasteiger partial charge in [0, 0.05) is 53.0 Å². The molecule has 384 valence electrons. The number of amides is 5. The lowest BCUT2D eigenvalue weighted by Gasteiger charge is -2.41. The van der Waals surface area contributed by atoms with Gasteiger partial charge < -0.3 is 54.8 Å². The molecule has 1 fully saturated rings. The number of nitrogens with zero attached hydrogens (tertiary/aromatic N) is 4. The molecule has 0 spiro atoms. The first kappa shape index (κ1) is 58.3. The normalized spacial score (nSPS) is 17.5. The molecule has 0 saturated carbocycles. The Bertz CT molecular complexity index is 1790. The molecule has 0 aliphatic carbocycles. The Balaban J connectivity index is 1.70. The molecule has 4 N–H and O–H groups in total. The van der Waals surface area contributed by atoms with Crippen LogP contribution in [0.15, 0.2) is 41.9 Å². The second-order valence-electron chi connectivity index (χ2n) is 18.5. The van der Waals surface area contributed by atoms with Crippen molar-refractivity contribution in [1.82, 2.24) is 30.3 Å². The van der Waals surface area contributed by atoms with Crippen LogP contribution in [0.1, 0.15) is 97.2 Å². The number of aromatic nitrogens is 1. The number of rotatable bonds is 32. The Morgan fingerprint density at radius 2 is 1.50 bits per heavy atom. The number of hydrogen-bond donors (Lipinski definition) is 3. The zero-order valence-corrected chi connectivity index (χ0v) is 43.5.